The summed E-state index contributed by atoms with van der Waals surface area (Å²) >= 11 is 0. The van der Waals surface area contributed by atoms with Crippen molar-refractivity contribution < 1.29 is 19.4 Å². The molecule has 0 aliphatic heterocycles. The van der Waals surface area contributed by atoms with Crippen LogP contribution in [0.5, 0.6) is 11.8 Å². The van der Waals surface area contributed by atoms with Gasteiger partial charge in [0, 0.05) is 25.2 Å². The SMILES string of the molecule is O=C(NCCCCCn1c(O)ccc1O)n1cc(F)c(=O)[nH]c1=O. The summed E-state index contributed by atoms with van der Waals surface area (Å²) in [6.07, 6.45) is 2.45. The summed E-state index contributed by atoms with van der Waals surface area (Å²) in [5, 5.41) is 21.3. The van der Waals surface area contributed by atoms with Crippen LogP contribution in [0.4, 0.5) is 9.18 Å². The zero-order valence-electron chi connectivity index (χ0n) is 12.7. The van der Waals surface area contributed by atoms with Gasteiger partial charge in [0.2, 0.25) is 5.82 Å². The minimum Gasteiger partial charge on any atom is -0.494 e. The highest BCUT2D eigenvalue weighted by molar-refractivity contribution is 5.76. The number of carbonyl (C=O) groups is 1. The van der Waals surface area contributed by atoms with Crippen LogP contribution in [0.15, 0.2) is 27.9 Å². The van der Waals surface area contributed by atoms with Crippen molar-refractivity contribution in [3.8, 4) is 11.8 Å². The zero-order valence-corrected chi connectivity index (χ0v) is 12.7. The number of H-pyrrole nitrogens is 1. The molecule has 10 heteroatoms. The van der Waals surface area contributed by atoms with Gasteiger partial charge in [0.1, 0.15) is 0 Å². The van der Waals surface area contributed by atoms with Crippen molar-refractivity contribution in [1.82, 2.24) is 19.4 Å². The first kappa shape index (κ1) is 17.3. The molecule has 2 heterocycles. The monoisotopic (exact) mass is 340 g/mol. The third-order valence-corrected chi connectivity index (χ3v) is 3.39. The molecule has 0 saturated heterocycles. The summed E-state index contributed by atoms with van der Waals surface area (Å²) in [5.41, 5.74) is -2.20. The molecule has 0 aliphatic carbocycles. The van der Waals surface area contributed by atoms with Gasteiger partial charge in [0.15, 0.2) is 11.8 Å². The van der Waals surface area contributed by atoms with Gasteiger partial charge in [-0.25, -0.2) is 14.2 Å². The number of nitrogens with zero attached hydrogens (tertiary/aromatic N) is 2. The van der Waals surface area contributed by atoms with E-state index in [1.165, 1.54) is 16.7 Å². The molecule has 24 heavy (non-hydrogen) atoms. The highest BCUT2D eigenvalue weighted by Crippen LogP contribution is 2.21. The maximum atomic E-state index is 13.1. The summed E-state index contributed by atoms with van der Waals surface area (Å²) in [4.78, 5) is 35.7. The van der Waals surface area contributed by atoms with Gasteiger partial charge in [-0.05, 0) is 19.3 Å². The van der Waals surface area contributed by atoms with Crippen molar-refractivity contribution >= 4 is 6.03 Å². The number of aromatic amines is 1. The van der Waals surface area contributed by atoms with Gasteiger partial charge in [-0.3, -0.25) is 14.3 Å². The van der Waals surface area contributed by atoms with Gasteiger partial charge in [-0.15, -0.1) is 0 Å². The highest BCUT2D eigenvalue weighted by atomic mass is 19.1. The van der Waals surface area contributed by atoms with Crippen LogP contribution in [0.2, 0.25) is 0 Å². The molecule has 4 N–H and O–H groups in total. The van der Waals surface area contributed by atoms with Crippen LogP contribution in [0.3, 0.4) is 0 Å². The summed E-state index contributed by atoms with van der Waals surface area (Å²) in [7, 11) is 0. The predicted molar refractivity (Wildman–Crippen MR) is 81.7 cm³/mol. The number of halogens is 1. The maximum absolute atomic E-state index is 13.1. The second-order valence-corrected chi connectivity index (χ2v) is 5.10. The van der Waals surface area contributed by atoms with Crippen LogP contribution in [0.1, 0.15) is 19.3 Å². The summed E-state index contributed by atoms with van der Waals surface area (Å²) in [6.45, 7) is 0.666. The number of aromatic nitrogens is 3. The molecule has 0 radical (unpaired) electrons. The number of nitrogens with one attached hydrogen (secondary N) is 2. The molecular formula is C14H17FN4O5. The minimum atomic E-state index is -1.23. The van der Waals surface area contributed by atoms with Crippen LogP contribution in [0.25, 0.3) is 0 Å². The lowest BCUT2D eigenvalue weighted by Gasteiger charge is -2.08. The molecule has 9 nitrogen and oxygen atoms in total. The molecule has 2 rings (SSSR count). The third-order valence-electron chi connectivity index (χ3n) is 3.39. The number of hydrogen-bond donors (Lipinski definition) is 4. The van der Waals surface area contributed by atoms with Crippen LogP contribution in [-0.2, 0) is 6.54 Å². The number of hydrogen-bond acceptors (Lipinski definition) is 5. The van der Waals surface area contributed by atoms with Crippen molar-refractivity contribution in [2.45, 2.75) is 25.8 Å². The van der Waals surface area contributed by atoms with Crippen molar-refractivity contribution in [2.24, 2.45) is 0 Å². The van der Waals surface area contributed by atoms with E-state index in [0.717, 1.165) is 0 Å². The standard InChI is InChI=1S/C14H17FN4O5/c15-9-8-19(14(24)17-12(9)22)13(23)16-6-2-1-3-7-18-10(20)4-5-11(18)21/h4-5,8,20-21H,1-3,6-7H2,(H,16,23)(H,17,22,24). The van der Waals surface area contributed by atoms with E-state index in [0.29, 0.717) is 36.6 Å². The summed E-state index contributed by atoms with van der Waals surface area (Å²) in [5.74, 6) is -1.28. The molecule has 0 aliphatic rings. The number of unbranched alkanes of at least 4 members (excludes halogenated alkanes) is 2. The minimum absolute atomic E-state index is 0.0275. The van der Waals surface area contributed by atoms with Gasteiger partial charge < -0.3 is 15.5 Å². The Morgan fingerprint density at radius 3 is 2.50 bits per heavy atom. The first-order chi connectivity index (χ1) is 11.4. The molecule has 2 aromatic heterocycles. The van der Waals surface area contributed by atoms with Gasteiger partial charge in [0.25, 0.3) is 5.56 Å². The highest BCUT2D eigenvalue weighted by Gasteiger charge is 2.10. The first-order valence-electron chi connectivity index (χ1n) is 7.27. The maximum Gasteiger partial charge on any atom is 0.336 e. The lowest BCUT2D eigenvalue weighted by Crippen LogP contribution is -2.40. The van der Waals surface area contributed by atoms with Crippen molar-refractivity contribution in [3.05, 3.63) is 45.0 Å². The molecular weight excluding hydrogens is 323 g/mol. The molecule has 0 fully saturated rings. The second-order valence-electron chi connectivity index (χ2n) is 5.10. The van der Waals surface area contributed by atoms with Gasteiger partial charge in [0.05, 0.1) is 6.20 Å². The molecule has 0 spiro atoms. The van der Waals surface area contributed by atoms with E-state index in [4.69, 9.17) is 0 Å². The molecule has 130 valence electrons. The van der Waals surface area contributed by atoms with Crippen molar-refractivity contribution in [2.75, 3.05) is 6.54 Å². The Balaban J connectivity index is 1.75. The van der Waals surface area contributed by atoms with Crippen molar-refractivity contribution in [1.29, 1.82) is 0 Å². The van der Waals surface area contributed by atoms with E-state index < -0.39 is 23.1 Å². The summed E-state index contributed by atoms with van der Waals surface area (Å²) < 4.78 is 14.9. The zero-order chi connectivity index (χ0) is 17.7. The Bertz CT molecular complexity index is 819. The Hall–Kier alpha value is -3.04. The fourth-order valence-corrected chi connectivity index (χ4v) is 2.13. The topological polar surface area (TPSA) is 129 Å². The van der Waals surface area contributed by atoms with E-state index in [-0.39, 0.29) is 18.3 Å². The fourth-order valence-electron chi connectivity index (χ4n) is 2.13. The number of aromatic hydroxyl groups is 2. The Morgan fingerprint density at radius 1 is 1.17 bits per heavy atom. The van der Waals surface area contributed by atoms with E-state index in [1.807, 2.05) is 0 Å². The summed E-state index contributed by atoms with van der Waals surface area (Å²) in [6, 6.07) is 1.93. The molecule has 0 bridgehead atoms. The average molecular weight is 340 g/mol. The lowest BCUT2D eigenvalue weighted by molar-refractivity contribution is 0.240. The number of rotatable bonds is 6. The number of amides is 1. The van der Waals surface area contributed by atoms with Crippen LogP contribution < -0.4 is 16.6 Å². The Morgan fingerprint density at radius 2 is 1.83 bits per heavy atom. The molecule has 2 aromatic rings. The Labute approximate surface area is 135 Å². The third kappa shape index (κ3) is 4.03. The van der Waals surface area contributed by atoms with Gasteiger partial charge >= 0.3 is 11.7 Å². The molecule has 1 amide bonds. The van der Waals surface area contributed by atoms with Crippen molar-refractivity contribution in [3.63, 3.8) is 0 Å². The largest absolute Gasteiger partial charge is 0.494 e. The fraction of sp³-hybridized carbons (Fsp3) is 0.357. The molecule has 0 unspecified atom stereocenters. The second kappa shape index (κ2) is 7.49. The van der Waals surface area contributed by atoms with Crippen LogP contribution in [-0.4, -0.2) is 36.9 Å². The predicted octanol–water partition coefficient (Wildman–Crippen LogP) is 0.317. The lowest BCUT2D eigenvalue weighted by atomic mass is 10.2. The van der Waals surface area contributed by atoms with Crippen LogP contribution >= 0.6 is 0 Å². The first-order valence-corrected chi connectivity index (χ1v) is 7.27. The van der Waals surface area contributed by atoms with Gasteiger partial charge in [-0.2, -0.15) is 4.39 Å². The molecule has 0 atom stereocenters. The number of carbonyl (C=O) groups excluding carboxylic acids is 1. The van der Waals surface area contributed by atoms with E-state index in [1.54, 1.807) is 4.98 Å². The normalized spacial score (nSPS) is 10.7. The molecule has 0 saturated carbocycles. The van der Waals surface area contributed by atoms with E-state index in [2.05, 4.69) is 5.32 Å². The Kier molecular flexibility index (Phi) is 5.40. The van der Waals surface area contributed by atoms with E-state index >= 15 is 0 Å². The van der Waals surface area contributed by atoms with Gasteiger partial charge in [-0.1, -0.05) is 0 Å². The molecule has 0 aromatic carbocycles. The quantitative estimate of drug-likeness (QED) is 0.563. The smallest absolute Gasteiger partial charge is 0.336 e. The van der Waals surface area contributed by atoms with E-state index in [9.17, 15) is 29.0 Å². The van der Waals surface area contributed by atoms with Crippen LogP contribution in [0, 0.1) is 5.82 Å². The average Bonchev–Trinajstić information content (AvgIpc) is 2.85.